The van der Waals surface area contributed by atoms with Gasteiger partial charge in [-0.3, -0.25) is 0 Å². The number of ether oxygens (including phenoxy) is 1. The molecule has 3 N–H and O–H groups in total. The minimum Gasteiger partial charge on any atom is -0.443 e. The third kappa shape index (κ3) is 3.74. The van der Waals surface area contributed by atoms with E-state index < -0.39 is 11.7 Å². The zero-order valence-corrected chi connectivity index (χ0v) is 11.6. The van der Waals surface area contributed by atoms with Gasteiger partial charge in [0, 0.05) is 11.3 Å². The van der Waals surface area contributed by atoms with Gasteiger partial charge in [0.15, 0.2) is 0 Å². The molecule has 0 saturated carbocycles. The molecule has 2 aromatic rings. The molecule has 0 fully saturated rings. The van der Waals surface area contributed by atoms with Crippen molar-refractivity contribution in [2.75, 3.05) is 11.1 Å². The molecule has 1 amide bonds. The van der Waals surface area contributed by atoms with E-state index in [1.165, 1.54) is 6.26 Å². The molecule has 0 spiro atoms. The van der Waals surface area contributed by atoms with Crippen molar-refractivity contribution in [2.24, 2.45) is 0 Å². The topological polar surface area (TPSA) is 90.4 Å². The molecule has 0 unspecified atom stereocenters. The van der Waals surface area contributed by atoms with Gasteiger partial charge in [0.2, 0.25) is 0 Å². The maximum atomic E-state index is 11.6. The Morgan fingerprint density at radius 3 is 2.55 bits per heavy atom. The van der Waals surface area contributed by atoms with Crippen LogP contribution in [0.2, 0.25) is 0 Å². The van der Waals surface area contributed by atoms with Crippen LogP contribution in [0, 0.1) is 0 Å². The van der Waals surface area contributed by atoms with E-state index in [-0.39, 0.29) is 6.01 Å². The van der Waals surface area contributed by atoms with Gasteiger partial charge in [-0.2, -0.15) is 4.98 Å². The van der Waals surface area contributed by atoms with E-state index >= 15 is 0 Å². The van der Waals surface area contributed by atoms with Crippen LogP contribution in [0.5, 0.6) is 0 Å². The summed E-state index contributed by atoms with van der Waals surface area (Å²) in [5, 5.41) is 2.44. The van der Waals surface area contributed by atoms with E-state index in [1.54, 1.807) is 32.9 Å². The number of aromatic nitrogens is 1. The summed E-state index contributed by atoms with van der Waals surface area (Å²) in [6.07, 6.45) is 0.848. The third-order valence-corrected chi connectivity index (χ3v) is 2.32. The minimum atomic E-state index is -0.608. The molecule has 106 valence electrons. The number of nitrogens with zero attached hydrogens (tertiary/aromatic N) is 1. The lowest BCUT2D eigenvalue weighted by molar-refractivity contribution is 0.0632. The molecule has 0 aliphatic carbocycles. The average Bonchev–Trinajstić information content (AvgIpc) is 2.75. The summed E-state index contributed by atoms with van der Waals surface area (Å²) >= 11 is 0. The Hall–Kier alpha value is -2.50. The molecule has 1 heterocycles. The molecular formula is C14H17N3O3. The van der Waals surface area contributed by atoms with Crippen molar-refractivity contribution in [1.82, 2.24) is 4.98 Å². The van der Waals surface area contributed by atoms with Crippen LogP contribution in [0.4, 0.5) is 16.5 Å². The fourth-order valence-electron chi connectivity index (χ4n) is 1.51. The van der Waals surface area contributed by atoms with Gasteiger partial charge in [0.1, 0.15) is 17.6 Å². The number of oxazole rings is 1. The highest BCUT2D eigenvalue weighted by molar-refractivity contribution is 5.82. The molecule has 20 heavy (non-hydrogen) atoms. The Morgan fingerprint density at radius 1 is 1.30 bits per heavy atom. The summed E-state index contributed by atoms with van der Waals surface area (Å²) in [5.41, 5.74) is 7.17. The first-order valence-corrected chi connectivity index (χ1v) is 6.15. The minimum absolute atomic E-state index is 0.0890. The highest BCUT2D eigenvalue weighted by Crippen LogP contribution is 2.22. The van der Waals surface area contributed by atoms with Crippen LogP contribution >= 0.6 is 0 Å². The first-order chi connectivity index (χ1) is 9.33. The molecule has 1 aromatic carbocycles. The molecule has 6 heteroatoms. The maximum Gasteiger partial charge on any atom is 0.415 e. The predicted molar refractivity (Wildman–Crippen MR) is 76.2 cm³/mol. The number of hydrogen-bond donors (Lipinski definition) is 2. The molecule has 0 bridgehead atoms. The zero-order chi connectivity index (χ0) is 14.8. The molecule has 6 nitrogen and oxygen atoms in total. The SMILES string of the molecule is CC(C)(C)OC(=O)Nc1nc(-c2ccc(N)cc2)co1. The van der Waals surface area contributed by atoms with Crippen LogP contribution < -0.4 is 11.1 Å². The maximum absolute atomic E-state index is 11.6. The summed E-state index contributed by atoms with van der Waals surface area (Å²) in [4.78, 5) is 15.7. The van der Waals surface area contributed by atoms with E-state index in [2.05, 4.69) is 10.3 Å². The van der Waals surface area contributed by atoms with Crippen molar-refractivity contribution in [2.45, 2.75) is 26.4 Å². The molecule has 0 atom stereocenters. The summed E-state index contributed by atoms with van der Waals surface area (Å²) in [5.74, 6) is 0. The van der Waals surface area contributed by atoms with Crippen molar-refractivity contribution in [1.29, 1.82) is 0 Å². The standard InChI is InChI=1S/C14H17N3O3/c1-14(2,3)20-13(18)17-12-16-11(8-19-12)9-4-6-10(15)7-5-9/h4-8H,15H2,1-3H3,(H,16,17,18). The zero-order valence-electron chi connectivity index (χ0n) is 11.6. The normalized spacial score (nSPS) is 11.2. The number of rotatable bonds is 2. The van der Waals surface area contributed by atoms with Crippen LogP contribution in [-0.4, -0.2) is 16.7 Å². The number of nitrogen functional groups attached to an aromatic ring is 1. The van der Waals surface area contributed by atoms with Crippen LogP contribution in [-0.2, 0) is 4.74 Å². The van der Waals surface area contributed by atoms with E-state index in [9.17, 15) is 4.79 Å². The van der Waals surface area contributed by atoms with Crippen molar-refractivity contribution in [3.05, 3.63) is 30.5 Å². The number of nitrogens with two attached hydrogens (primary N) is 1. The fourth-order valence-corrected chi connectivity index (χ4v) is 1.51. The Labute approximate surface area is 116 Å². The van der Waals surface area contributed by atoms with Gasteiger partial charge in [0.05, 0.1) is 0 Å². The van der Waals surface area contributed by atoms with Crippen LogP contribution in [0.1, 0.15) is 20.8 Å². The second kappa shape index (κ2) is 5.24. The van der Waals surface area contributed by atoms with Gasteiger partial charge in [-0.1, -0.05) is 12.1 Å². The number of anilines is 2. The highest BCUT2D eigenvalue weighted by Gasteiger charge is 2.18. The van der Waals surface area contributed by atoms with Crippen LogP contribution in [0.15, 0.2) is 34.9 Å². The average molecular weight is 275 g/mol. The Balaban J connectivity index is 2.06. The molecule has 0 radical (unpaired) electrons. The number of carbonyl (C=O) groups is 1. The number of amides is 1. The van der Waals surface area contributed by atoms with E-state index in [0.717, 1.165) is 5.56 Å². The van der Waals surface area contributed by atoms with Crippen molar-refractivity contribution >= 4 is 17.8 Å². The van der Waals surface area contributed by atoms with Crippen molar-refractivity contribution in [3.63, 3.8) is 0 Å². The lowest BCUT2D eigenvalue weighted by Gasteiger charge is -2.18. The van der Waals surface area contributed by atoms with Gasteiger partial charge in [-0.25, -0.2) is 10.1 Å². The number of nitrogens with one attached hydrogen (secondary N) is 1. The quantitative estimate of drug-likeness (QED) is 0.821. The molecule has 1 aromatic heterocycles. The molecule has 0 aliphatic rings. The van der Waals surface area contributed by atoms with E-state index in [4.69, 9.17) is 14.9 Å². The highest BCUT2D eigenvalue weighted by atomic mass is 16.6. The van der Waals surface area contributed by atoms with Gasteiger partial charge in [0.25, 0.3) is 0 Å². The summed E-state index contributed by atoms with van der Waals surface area (Å²) < 4.78 is 10.3. The third-order valence-electron chi connectivity index (χ3n) is 2.32. The second-order valence-corrected chi connectivity index (χ2v) is 5.29. The lowest BCUT2D eigenvalue weighted by Crippen LogP contribution is -2.27. The van der Waals surface area contributed by atoms with Crippen molar-refractivity contribution in [3.8, 4) is 11.3 Å². The first-order valence-electron chi connectivity index (χ1n) is 6.15. The van der Waals surface area contributed by atoms with Crippen LogP contribution in [0.25, 0.3) is 11.3 Å². The fraction of sp³-hybridized carbons (Fsp3) is 0.286. The molecule has 0 aliphatic heterocycles. The number of carbonyl (C=O) groups excluding carboxylic acids is 1. The van der Waals surface area contributed by atoms with Gasteiger partial charge in [-0.15, -0.1) is 0 Å². The Bertz CT molecular complexity index is 597. The Morgan fingerprint density at radius 2 is 1.95 bits per heavy atom. The molecule has 0 saturated heterocycles. The number of hydrogen-bond acceptors (Lipinski definition) is 5. The summed E-state index contributed by atoms with van der Waals surface area (Å²) in [6.45, 7) is 5.34. The monoisotopic (exact) mass is 275 g/mol. The molecular weight excluding hydrogens is 258 g/mol. The van der Waals surface area contributed by atoms with Crippen molar-refractivity contribution < 1.29 is 13.9 Å². The van der Waals surface area contributed by atoms with Gasteiger partial charge < -0.3 is 14.9 Å². The van der Waals surface area contributed by atoms with E-state index in [1.807, 2.05) is 12.1 Å². The first kappa shape index (κ1) is 13.9. The summed E-state index contributed by atoms with van der Waals surface area (Å²) in [7, 11) is 0. The summed E-state index contributed by atoms with van der Waals surface area (Å²) in [6, 6.07) is 7.27. The second-order valence-electron chi connectivity index (χ2n) is 5.29. The van der Waals surface area contributed by atoms with Gasteiger partial charge >= 0.3 is 12.1 Å². The predicted octanol–water partition coefficient (Wildman–Crippen LogP) is 3.27. The van der Waals surface area contributed by atoms with Crippen LogP contribution in [0.3, 0.4) is 0 Å². The lowest BCUT2D eigenvalue weighted by atomic mass is 10.1. The number of benzene rings is 1. The smallest absolute Gasteiger partial charge is 0.415 e. The molecule has 2 rings (SSSR count). The Kier molecular flexibility index (Phi) is 3.65. The largest absolute Gasteiger partial charge is 0.443 e. The van der Waals surface area contributed by atoms with E-state index in [0.29, 0.717) is 11.4 Å². The van der Waals surface area contributed by atoms with Gasteiger partial charge in [-0.05, 0) is 32.9 Å².